The summed E-state index contributed by atoms with van der Waals surface area (Å²) in [6, 6.07) is 17.7. The quantitative estimate of drug-likeness (QED) is 0.578. The van der Waals surface area contributed by atoms with E-state index in [1.807, 2.05) is 19.1 Å². The molecule has 1 saturated heterocycles. The van der Waals surface area contributed by atoms with Crippen LogP contribution in [-0.4, -0.2) is 48.0 Å². The van der Waals surface area contributed by atoms with E-state index in [4.69, 9.17) is 4.74 Å². The molecular weight excluding hydrogens is 419 g/mol. The van der Waals surface area contributed by atoms with Crippen LogP contribution in [0.3, 0.4) is 0 Å². The lowest BCUT2D eigenvalue weighted by Crippen LogP contribution is -2.48. The van der Waals surface area contributed by atoms with Crippen LogP contribution in [0.2, 0.25) is 0 Å². The van der Waals surface area contributed by atoms with E-state index in [1.54, 1.807) is 17.0 Å². The van der Waals surface area contributed by atoms with E-state index in [0.717, 1.165) is 31.9 Å². The first-order valence-electron chi connectivity index (χ1n) is 11.3. The SMILES string of the molecule is CCN(C(=O)c1ccc(Oc2ccc(F)cc2)nc1)c1ccc(CN2CCN[C@@H](C)C2)cc1. The summed E-state index contributed by atoms with van der Waals surface area (Å²) in [6.45, 7) is 8.70. The van der Waals surface area contributed by atoms with Gasteiger partial charge in [-0.3, -0.25) is 9.69 Å². The third kappa shape index (κ3) is 5.94. The summed E-state index contributed by atoms with van der Waals surface area (Å²) >= 11 is 0. The van der Waals surface area contributed by atoms with Gasteiger partial charge in [0.05, 0.1) is 5.56 Å². The van der Waals surface area contributed by atoms with Crippen LogP contribution >= 0.6 is 0 Å². The fraction of sp³-hybridized carbons (Fsp3) is 0.308. The van der Waals surface area contributed by atoms with E-state index in [1.165, 1.54) is 36.0 Å². The summed E-state index contributed by atoms with van der Waals surface area (Å²) in [5, 5.41) is 3.46. The van der Waals surface area contributed by atoms with Crippen LogP contribution in [0.1, 0.15) is 29.8 Å². The van der Waals surface area contributed by atoms with Gasteiger partial charge >= 0.3 is 0 Å². The topological polar surface area (TPSA) is 57.7 Å². The third-order valence-electron chi connectivity index (χ3n) is 5.69. The number of halogens is 1. The maximum absolute atomic E-state index is 13.1. The number of carbonyl (C=O) groups is 1. The number of anilines is 1. The Labute approximate surface area is 194 Å². The highest BCUT2D eigenvalue weighted by molar-refractivity contribution is 6.05. The summed E-state index contributed by atoms with van der Waals surface area (Å²) in [5.41, 5.74) is 2.56. The number of pyridine rings is 1. The summed E-state index contributed by atoms with van der Waals surface area (Å²) < 4.78 is 18.7. The van der Waals surface area contributed by atoms with E-state index in [0.29, 0.717) is 29.8 Å². The van der Waals surface area contributed by atoms with Gasteiger partial charge in [0.1, 0.15) is 11.6 Å². The average molecular weight is 449 g/mol. The lowest BCUT2D eigenvalue weighted by molar-refractivity contribution is 0.0988. The lowest BCUT2D eigenvalue weighted by atomic mass is 10.1. The van der Waals surface area contributed by atoms with Gasteiger partial charge in [-0.05, 0) is 61.9 Å². The number of ether oxygens (including phenoxy) is 1. The summed E-state index contributed by atoms with van der Waals surface area (Å²) in [4.78, 5) is 21.5. The Morgan fingerprint density at radius 3 is 2.55 bits per heavy atom. The van der Waals surface area contributed by atoms with Gasteiger partial charge in [0.25, 0.3) is 5.91 Å². The molecule has 0 bridgehead atoms. The number of benzene rings is 2. The molecule has 2 aromatic carbocycles. The molecule has 1 N–H and O–H groups in total. The molecule has 1 aromatic heterocycles. The lowest BCUT2D eigenvalue weighted by Gasteiger charge is -2.32. The average Bonchev–Trinajstić information content (AvgIpc) is 2.82. The van der Waals surface area contributed by atoms with E-state index >= 15 is 0 Å². The van der Waals surface area contributed by atoms with Crippen molar-refractivity contribution in [1.82, 2.24) is 15.2 Å². The Morgan fingerprint density at radius 2 is 1.91 bits per heavy atom. The van der Waals surface area contributed by atoms with Crippen molar-refractivity contribution in [3.05, 3.63) is 83.8 Å². The molecule has 0 spiro atoms. The summed E-state index contributed by atoms with van der Waals surface area (Å²) in [5.74, 6) is 0.366. The molecule has 0 radical (unpaired) electrons. The number of carbonyl (C=O) groups excluding carboxylic acids is 1. The van der Waals surface area contributed by atoms with E-state index in [-0.39, 0.29) is 11.7 Å². The molecule has 4 rings (SSSR count). The van der Waals surface area contributed by atoms with Crippen molar-refractivity contribution in [1.29, 1.82) is 0 Å². The number of hydrogen-bond acceptors (Lipinski definition) is 5. The highest BCUT2D eigenvalue weighted by Gasteiger charge is 2.18. The smallest absolute Gasteiger partial charge is 0.259 e. The molecule has 2 heterocycles. The van der Waals surface area contributed by atoms with Crippen molar-refractivity contribution in [2.24, 2.45) is 0 Å². The number of aromatic nitrogens is 1. The normalized spacial score (nSPS) is 16.4. The van der Waals surface area contributed by atoms with Crippen LogP contribution in [0, 0.1) is 5.82 Å². The molecule has 1 fully saturated rings. The van der Waals surface area contributed by atoms with E-state index in [2.05, 4.69) is 34.3 Å². The highest BCUT2D eigenvalue weighted by Crippen LogP contribution is 2.22. The van der Waals surface area contributed by atoms with Crippen molar-refractivity contribution in [3.8, 4) is 11.6 Å². The number of piperazine rings is 1. The third-order valence-corrected chi connectivity index (χ3v) is 5.69. The van der Waals surface area contributed by atoms with Gasteiger partial charge in [-0.15, -0.1) is 0 Å². The zero-order chi connectivity index (χ0) is 23.2. The number of amides is 1. The minimum atomic E-state index is -0.331. The largest absolute Gasteiger partial charge is 0.439 e. The van der Waals surface area contributed by atoms with Crippen LogP contribution in [-0.2, 0) is 6.54 Å². The first-order valence-corrected chi connectivity index (χ1v) is 11.3. The molecule has 3 aromatic rings. The van der Waals surface area contributed by atoms with Crippen LogP contribution in [0.25, 0.3) is 0 Å². The molecule has 1 aliphatic rings. The molecular formula is C26H29FN4O2. The molecule has 0 saturated carbocycles. The highest BCUT2D eigenvalue weighted by atomic mass is 19.1. The number of nitrogens with one attached hydrogen (secondary N) is 1. The van der Waals surface area contributed by atoms with Gasteiger partial charge in [-0.2, -0.15) is 0 Å². The molecule has 0 unspecified atom stereocenters. The minimum absolute atomic E-state index is 0.123. The van der Waals surface area contributed by atoms with Crippen LogP contribution < -0.4 is 15.0 Å². The van der Waals surface area contributed by atoms with Crippen LogP contribution in [0.5, 0.6) is 11.6 Å². The van der Waals surface area contributed by atoms with Crippen molar-refractivity contribution in [3.63, 3.8) is 0 Å². The first kappa shape index (κ1) is 22.9. The van der Waals surface area contributed by atoms with Crippen LogP contribution in [0.15, 0.2) is 66.9 Å². The van der Waals surface area contributed by atoms with Crippen molar-refractivity contribution >= 4 is 11.6 Å². The summed E-state index contributed by atoms with van der Waals surface area (Å²) in [6.07, 6.45) is 1.50. The van der Waals surface area contributed by atoms with Gasteiger partial charge < -0.3 is 15.0 Å². The second-order valence-electron chi connectivity index (χ2n) is 8.25. The van der Waals surface area contributed by atoms with Crippen molar-refractivity contribution in [2.45, 2.75) is 26.4 Å². The zero-order valence-electron chi connectivity index (χ0n) is 19.0. The monoisotopic (exact) mass is 448 g/mol. The molecule has 1 atom stereocenters. The summed E-state index contributed by atoms with van der Waals surface area (Å²) in [7, 11) is 0. The minimum Gasteiger partial charge on any atom is -0.439 e. The van der Waals surface area contributed by atoms with Gasteiger partial charge in [0.2, 0.25) is 5.88 Å². The zero-order valence-corrected chi connectivity index (χ0v) is 19.0. The predicted octanol–water partition coefficient (Wildman–Crippen LogP) is 4.47. The van der Waals surface area contributed by atoms with Crippen molar-refractivity contribution < 1.29 is 13.9 Å². The maximum atomic E-state index is 13.1. The second kappa shape index (κ2) is 10.6. The molecule has 172 valence electrons. The Hall–Kier alpha value is -3.29. The van der Waals surface area contributed by atoms with Gasteiger partial charge in [-0.25, -0.2) is 9.37 Å². The van der Waals surface area contributed by atoms with E-state index < -0.39 is 0 Å². The Balaban J connectivity index is 1.40. The second-order valence-corrected chi connectivity index (χ2v) is 8.25. The number of nitrogens with zero attached hydrogens (tertiary/aromatic N) is 3. The maximum Gasteiger partial charge on any atom is 0.259 e. The van der Waals surface area contributed by atoms with Gasteiger partial charge in [0.15, 0.2) is 0 Å². The molecule has 33 heavy (non-hydrogen) atoms. The standard InChI is InChI=1S/C26H29FN4O2/c1-3-31(23-9-4-20(5-10-23)18-30-15-14-28-19(2)17-30)26(32)21-6-13-25(29-16-21)33-24-11-7-22(27)8-12-24/h4-13,16,19,28H,3,14-15,17-18H2,1-2H3/t19-/m0/s1. The first-order chi connectivity index (χ1) is 16.0. The Bertz CT molecular complexity index is 1060. The van der Waals surface area contributed by atoms with Crippen LogP contribution in [0.4, 0.5) is 10.1 Å². The fourth-order valence-electron chi connectivity index (χ4n) is 3.99. The predicted molar refractivity (Wildman–Crippen MR) is 127 cm³/mol. The number of hydrogen-bond donors (Lipinski definition) is 1. The molecule has 6 nitrogen and oxygen atoms in total. The van der Waals surface area contributed by atoms with Crippen molar-refractivity contribution in [2.75, 3.05) is 31.1 Å². The van der Waals surface area contributed by atoms with E-state index in [9.17, 15) is 9.18 Å². The Morgan fingerprint density at radius 1 is 1.15 bits per heavy atom. The number of rotatable bonds is 7. The van der Waals surface area contributed by atoms with Gasteiger partial charge in [0, 0.05) is 56.7 Å². The molecule has 0 aliphatic carbocycles. The molecule has 7 heteroatoms. The molecule has 1 amide bonds. The van der Waals surface area contributed by atoms with Gasteiger partial charge in [-0.1, -0.05) is 12.1 Å². The molecule has 1 aliphatic heterocycles. The Kier molecular flexibility index (Phi) is 7.32. The fourth-order valence-corrected chi connectivity index (χ4v) is 3.99.